The van der Waals surface area contributed by atoms with Crippen LogP contribution in [0.25, 0.3) is 28.6 Å². The van der Waals surface area contributed by atoms with Gasteiger partial charge in [-0.2, -0.15) is 5.10 Å². The van der Waals surface area contributed by atoms with Crippen LogP contribution < -0.4 is 10.6 Å². The Labute approximate surface area is 227 Å². The van der Waals surface area contributed by atoms with Crippen LogP contribution in [0.3, 0.4) is 0 Å². The third-order valence-electron chi connectivity index (χ3n) is 7.12. The smallest absolute Gasteiger partial charge is 0.256 e. The predicted molar refractivity (Wildman–Crippen MR) is 151 cm³/mol. The van der Waals surface area contributed by atoms with Gasteiger partial charge in [-0.05, 0) is 56.3 Å². The van der Waals surface area contributed by atoms with E-state index in [1.54, 1.807) is 23.1 Å². The topological polar surface area (TPSA) is 121 Å². The highest BCUT2D eigenvalue weighted by Gasteiger charge is 2.26. The fourth-order valence-electron chi connectivity index (χ4n) is 4.89. The lowest BCUT2D eigenvalue weighted by molar-refractivity contribution is -0.110. The first-order chi connectivity index (χ1) is 18.9. The van der Waals surface area contributed by atoms with Crippen LogP contribution in [0, 0.1) is 13.8 Å². The summed E-state index contributed by atoms with van der Waals surface area (Å²) in [4.78, 5) is 39.7. The number of hydrogen-bond acceptors (Lipinski definition) is 6. The number of nitrogens with one attached hydrogen (secondary N) is 3. The van der Waals surface area contributed by atoms with Crippen molar-refractivity contribution in [3.05, 3.63) is 77.3 Å². The van der Waals surface area contributed by atoms with E-state index in [0.29, 0.717) is 23.5 Å². The molecule has 1 aliphatic heterocycles. The van der Waals surface area contributed by atoms with Crippen molar-refractivity contribution in [2.75, 3.05) is 31.5 Å². The van der Waals surface area contributed by atoms with Gasteiger partial charge < -0.3 is 20.5 Å². The van der Waals surface area contributed by atoms with E-state index in [1.165, 1.54) is 6.33 Å². The fraction of sp³-hybridized carbons (Fsp3) is 0.276. The summed E-state index contributed by atoms with van der Waals surface area (Å²) in [5, 5.41) is 10.4. The summed E-state index contributed by atoms with van der Waals surface area (Å²) in [5.74, 6) is 0.369. The average Bonchev–Trinajstić information content (AvgIpc) is 3.63. The van der Waals surface area contributed by atoms with Gasteiger partial charge in [0.2, 0.25) is 0 Å². The normalized spacial score (nSPS) is 13.7. The molecule has 0 saturated heterocycles. The second-order valence-electron chi connectivity index (χ2n) is 9.46. The zero-order valence-corrected chi connectivity index (χ0v) is 22.6. The number of rotatable bonds is 9. The molecule has 0 radical (unpaired) electrons. The molecule has 39 heavy (non-hydrogen) atoms. The van der Waals surface area contributed by atoms with Gasteiger partial charge in [0.15, 0.2) is 5.82 Å². The Morgan fingerprint density at radius 1 is 1.15 bits per heavy atom. The SMILES string of the molecule is CCN(CC)CCNC(=O)c1c(C)[nH]c(C=C2C(=O)Nc3ccc(-c4cnn(-c5ccncn5)c4)cc32)c1C. The Bertz CT molecular complexity index is 1550. The van der Waals surface area contributed by atoms with Crippen molar-refractivity contribution in [1.82, 2.24) is 34.9 Å². The summed E-state index contributed by atoms with van der Waals surface area (Å²) in [6.45, 7) is 11.3. The van der Waals surface area contributed by atoms with Gasteiger partial charge >= 0.3 is 0 Å². The summed E-state index contributed by atoms with van der Waals surface area (Å²) in [7, 11) is 0. The van der Waals surface area contributed by atoms with Gasteiger partial charge in [0, 0.05) is 59.8 Å². The Hall–Kier alpha value is -4.57. The number of carbonyl (C=O) groups excluding carboxylic acids is 2. The van der Waals surface area contributed by atoms with Crippen LogP contribution in [0.4, 0.5) is 5.69 Å². The van der Waals surface area contributed by atoms with E-state index >= 15 is 0 Å². The van der Waals surface area contributed by atoms with Gasteiger partial charge in [-0.15, -0.1) is 0 Å². The standard InChI is InChI=1S/C29H32N8O2/c1-5-36(6-2)12-11-31-29(39)27-18(3)25(34-19(27)4)14-23-22-13-20(7-8-24(22)35-28(23)38)21-15-33-37(16-21)26-9-10-30-17-32-26/h7-10,13-17,34H,5-6,11-12H2,1-4H3,(H,31,39)(H,35,38). The average molecular weight is 525 g/mol. The number of amides is 2. The Balaban J connectivity index is 1.41. The minimum atomic E-state index is -0.185. The van der Waals surface area contributed by atoms with Crippen LogP contribution in [0.5, 0.6) is 0 Å². The van der Waals surface area contributed by atoms with Crippen molar-refractivity contribution in [3.8, 4) is 16.9 Å². The maximum absolute atomic E-state index is 13.0. The van der Waals surface area contributed by atoms with Crippen molar-refractivity contribution in [2.45, 2.75) is 27.7 Å². The van der Waals surface area contributed by atoms with Crippen molar-refractivity contribution in [3.63, 3.8) is 0 Å². The van der Waals surface area contributed by atoms with Gasteiger partial charge in [0.05, 0.1) is 17.3 Å². The molecule has 0 spiro atoms. The highest BCUT2D eigenvalue weighted by Crippen LogP contribution is 2.37. The molecule has 2 amide bonds. The number of H-pyrrole nitrogens is 1. The molecule has 3 aromatic heterocycles. The molecule has 0 saturated carbocycles. The molecule has 10 nitrogen and oxygen atoms in total. The molecule has 5 rings (SSSR count). The van der Waals surface area contributed by atoms with Gasteiger partial charge in [-0.25, -0.2) is 14.6 Å². The summed E-state index contributed by atoms with van der Waals surface area (Å²) in [6.07, 6.45) is 8.62. The summed E-state index contributed by atoms with van der Waals surface area (Å²) >= 11 is 0. The lowest BCUT2D eigenvalue weighted by Crippen LogP contribution is -2.35. The van der Waals surface area contributed by atoms with E-state index in [0.717, 1.165) is 59.0 Å². The Morgan fingerprint density at radius 3 is 2.72 bits per heavy atom. The molecule has 3 N–H and O–H groups in total. The minimum absolute atomic E-state index is 0.114. The van der Waals surface area contributed by atoms with Crippen LogP contribution in [0.1, 0.15) is 46.7 Å². The number of hydrogen-bond donors (Lipinski definition) is 3. The third kappa shape index (κ3) is 5.23. The number of aromatic nitrogens is 5. The van der Waals surface area contributed by atoms with Gasteiger partial charge in [0.1, 0.15) is 6.33 Å². The van der Waals surface area contributed by atoms with E-state index in [1.807, 2.05) is 44.3 Å². The van der Waals surface area contributed by atoms with E-state index < -0.39 is 0 Å². The first-order valence-electron chi connectivity index (χ1n) is 13.1. The molecule has 4 aromatic rings. The Morgan fingerprint density at radius 2 is 1.97 bits per heavy atom. The summed E-state index contributed by atoms with van der Waals surface area (Å²) in [6, 6.07) is 7.61. The van der Waals surface area contributed by atoms with Gasteiger partial charge in [-0.1, -0.05) is 19.9 Å². The second-order valence-corrected chi connectivity index (χ2v) is 9.46. The van der Waals surface area contributed by atoms with E-state index in [4.69, 9.17) is 0 Å². The second kappa shape index (κ2) is 11.0. The molecule has 200 valence electrons. The zero-order valence-electron chi connectivity index (χ0n) is 22.6. The number of benzene rings is 1. The summed E-state index contributed by atoms with van der Waals surface area (Å²) < 4.78 is 1.68. The lowest BCUT2D eigenvalue weighted by Gasteiger charge is -2.18. The van der Waals surface area contributed by atoms with Crippen molar-refractivity contribution < 1.29 is 9.59 Å². The van der Waals surface area contributed by atoms with Crippen LogP contribution in [-0.2, 0) is 4.79 Å². The lowest BCUT2D eigenvalue weighted by atomic mass is 10.00. The molecule has 1 aromatic carbocycles. The molecule has 0 atom stereocenters. The maximum atomic E-state index is 13.0. The first kappa shape index (κ1) is 26.1. The molecular weight excluding hydrogens is 492 g/mol. The van der Waals surface area contributed by atoms with Crippen molar-refractivity contribution >= 4 is 29.2 Å². The zero-order chi connectivity index (χ0) is 27.5. The molecule has 0 fully saturated rings. The number of carbonyl (C=O) groups is 2. The molecule has 0 aliphatic carbocycles. The van der Waals surface area contributed by atoms with Crippen LogP contribution >= 0.6 is 0 Å². The Kier molecular flexibility index (Phi) is 7.38. The number of fused-ring (bicyclic) bond motifs is 1. The van der Waals surface area contributed by atoms with E-state index in [9.17, 15) is 9.59 Å². The molecule has 0 unspecified atom stereocenters. The number of aryl methyl sites for hydroxylation is 1. The van der Waals surface area contributed by atoms with E-state index in [2.05, 4.69) is 49.4 Å². The van der Waals surface area contributed by atoms with Gasteiger partial charge in [0.25, 0.3) is 11.8 Å². The summed E-state index contributed by atoms with van der Waals surface area (Å²) in [5.41, 5.74) is 6.82. The third-order valence-corrected chi connectivity index (χ3v) is 7.12. The predicted octanol–water partition coefficient (Wildman–Crippen LogP) is 3.84. The number of likely N-dealkylation sites (N-methyl/N-ethyl adjacent to an activating group) is 1. The monoisotopic (exact) mass is 524 g/mol. The van der Waals surface area contributed by atoms with Gasteiger partial charge in [-0.3, -0.25) is 9.59 Å². The molecule has 10 heteroatoms. The quantitative estimate of drug-likeness (QED) is 0.286. The number of anilines is 1. The van der Waals surface area contributed by atoms with Crippen molar-refractivity contribution in [1.29, 1.82) is 0 Å². The highest BCUT2D eigenvalue weighted by molar-refractivity contribution is 6.35. The van der Waals surface area contributed by atoms with Crippen LogP contribution in [0.15, 0.2) is 49.2 Å². The van der Waals surface area contributed by atoms with E-state index in [-0.39, 0.29) is 11.8 Å². The number of aromatic amines is 1. The minimum Gasteiger partial charge on any atom is -0.358 e. The molecular formula is C29H32N8O2. The molecule has 4 heterocycles. The highest BCUT2D eigenvalue weighted by atomic mass is 16.2. The molecule has 0 bridgehead atoms. The van der Waals surface area contributed by atoms with Crippen LogP contribution in [-0.4, -0.2) is 67.6 Å². The van der Waals surface area contributed by atoms with Crippen LogP contribution in [0.2, 0.25) is 0 Å². The fourth-order valence-corrected chi connectivity index (χ4v) is 4.89. The first-order valence-corrected chi connectivity index (χ1v) is 13.1. The molecule has 1 aliphatic rings. The maximum Gasteiger partial charge on any atom is 0.256 e. The number of nitrogens with zero attached hydrogens (tertiary/aromatic N) is 5. The van der Waals surface area contributed by atoms with Crippen molar-refractivity contribution in [2.24, 2.45) is 0 Å². The largest absolute Gasteiger partial charge is 0.358 e.